The first-order chi connectivity index (χ1) is 21.9. The molecule has 0 spiro atoms. The van der Waals surface area contributed by atoms with Crippen molar-refractivity contribution in [2.24, 2.45) is 7.05 Å². The van der Waals surface area contributed by atoms with Gasteiger partial charge in [-0.25, -0.2) is 14.6 Å². The van der Waals surface area contributed by atoms with E-state index in [-0.39, 0.29) is 11.7 Å². The molecule has 0 saturated carbocycles. The molecule has 2 N–H and O–H groups in total. The summed E-state index contributed by atoms with van der Waals surface area (Å²) in [5.41, 5.74) is 5.86. The first kappa shape index (κ1) is 31.0. The van der Waals surface area contributed by atoms with Gasteiger partial charge >= 0.3 is 0 Å². The molecule has 45 heavy (non-hydrogen) atoms. The average molecular weight is 647 g/mol. The van der Waals surface area contributed by atoms with E-state index in [2.05, 4.69) is 21.5 Å². The zero-order valence-electron chi connectivity index (χ0n) is 25.0. The summed E-state index contributed by atoms with van der Waals surface area (Å²) in [6.45, 7) is 1.37. The van der Waals surface area contributed by atoms with Crippen molar-refractivity contribution in [3.05, 3.63) is 92.5 Å². The van der Waals surface area contributed by atoms with E-state index in [4.69, 9.17) is 42.8 Å². The maximum atomic E-state index is 12.8. The molecule has 2 aromatic carbocycles. The van der Waals surface area contributed by atoms with Crippen molar-refractivity contribution in [1.82, 2.24) is 19.7 Å². The maximum absolute atomic E-state index is 12.8. The van der Waals surface area contributed by atoms with Gasteiger partial charge in [-0.1, -0.05) is 53.5 Å². The highest BCUT2D eigenvalue weighted by Crippen LogP contribution is 2.43. The molecule has 0 amide bonds. The number of nitrogens with zero attached hydrogens (tertiary/aromatic N) is 4. The van der Waals surface area contributed by atoms with Crippen molar-refractivity contribution in [1.29, 1.82) is 0 Å². The zero-order chi connectivity index (χ0) is 31.5. The van der Waals surface area contributed by atoms with Crippen LogP contribution in [-0.2, 0) is 24.6 Å². The van der Waals surface area contributed by atoms with E-state index in [1.807, 2.05) is 36.4 Å². The Morgan fingerprint density at radius 1 is 1.04 bits per heavy atom. The summed E-state index contributed by atoms with van der Waals surface area (Å²) in [4.78, 5) is 22.0. The van der Waals surface area contributed by atoms with E-state index in [1.54, 1.807) is 32.6 Å². The summed E-state index contributed by atoms with van der Waals surface area (Å²) >= 11 is 13.9. The van der Waals surface area contributed by atoms with E-state index in [0.29, 0.717) is 44.8 Å². The lowest BCUT2D eigenvalue weighted by atomic mass is 9.99. The highest BCUT2D eigenvalue weighted by atomic mass is 35.5. The number of rotatable bonds is 5. The molecule has 1 unspecified atom stereocenters. The molecule has 1 fully saturated rings. The van der Waals surface area contributed by atoms with Crippen molar-refractivity contribution >= 4 is 45.5 Å². The van der Waals surface area contributed by atoms with Crippen molar-refractivity contribution in [3.8, 4) is 28.3 Å². The number of nitrogens with one attached hydrogen (secondary N) is 1. The van der Waals surface area contributed by atoms with Crippen LogP contribution in [-0.4, -0.2) is 51.3 Å². The Kier molecular flexibility index (Phi) is 9.32. The molecule has 9 nitrogen and oxygen atoms in total. The smallest absolute Gasteiger partial charge is 0.278 e. The summed E-state index contributed by atoms with van der Waals surface area (Å²) in [5, 5.41) is 18.2. The number of methoxy groups -OCH3 is 1. The van der Waals surface area contributed by atoms with Gasteiger partial charge in [0.05, 0.1) is 52.8 Å². The summed E-state index contributed by atoms with van der Waals surface area (Å²) in [7, 11) is 3.25. The van der Waals surface area contributed by atoms with Crippen LogP contribution in [0.5, 0.6) is 5.88 Å². The number of pyridine rings is 2. The van der Waals surface area contributed by atoms with Crippen LogP contribution in [0.15, 0.2) is 65.7 Å². The molecule has 0 bridgehead atoms. The van der Waals surface area contributed by atoms with Crippen LogP contribution in [0.1, 0.15) is 30.4 Å². The second-order valence-corrected chi connectivity index (χ2v) is 11.8. The second-order valence-electron chi connectivity index (χ2n) is 11.0. The van der Waals surface area contributed by atoms with Crippen LogP contribution in [0, 0.1) is 0 Å². The van der Waals surface area contributed by atoms with Crippen molar-refractivity contribution in [2.75, 3.05) is 25.6 Å². The topological polar surface area (TPSA) is 111 Å². The highest BCUT2D eigenvalue weighted by molar-refractivity contribution is 6.39. The minimum absolute atomic E-state index is 0.186. The predicted molar refractivity (Wildman–Crippen MR) is 178 cm³/mol. The monoisotopic (exact) mass is 645 g/mol. The number of aromatic nitrogens is 4. The standard InChI is InChI=1S/C29H23Cl2N5O2.C5H10O2/c1-36-29(37)24-17(15-33-36)12-13-32-27(24)34-22-11-5-9-20(26(22)31)19-8-4-10-21(25(19)30)23-14-16-6-3-7-18(16)28(35-23)38-2;6-5-2-1-3-7-4-5/h4-5,8-15H,3,6-7H2,1-2H3,(H,32,34);5-6H,1-4H2. The van der Waals surface area contributed by atoms with E-state index in [9.17, 15) is 4.79 Å². The van der Waals surface area contributed by atoms with Gasteiger partial charge in [-0.3, -0.25) is 4.79 Å². The van der Waals surface area contributed by atoms with Crippen LogP contribution in [0.25, 0.3) is 33.2 Å². The van der Waals surface area contributed by atoms with Crippen molar-refractivity contribution in [2.45, 2.75) is 38.2 Å². The SMILES string of the molecule is COc1nc(-c2cccc(-c3cccc(Nc4nccc5cnn(C)c(=O)c45)c3Cl)c2Cl)cc2c1CCC2.OC1CCCOC1. The molecule has 1 saturated heterocycles. The fraction of sp³-hybridized carbons (Fsp3) is 0.294. The van der Waals surface area contributed by atoms with Crippen LogP contribution in [0.3, 0.4) is 0 Å². The fourth-order valence-corrected chi connectivity index (χ4v) is 6.34. The van der Waals surface area contributed by atoms with E-state index in [1.165, 1.54) is 15.8 Å². The molecule has 1 aliphatic carbocycles. The first-order valence-corrected chi connectivity index (χ1v) is 15.6. The summed E-state index contributed by atoms with van der Waals surface area (Å²) < 4.78 is 11.8. The first-order valence-electron chi connectivity index (χ1n) is 14.8. The molecule has 5 aromatic rings. The number of ether oxygens (including phenoxy) is 2. The van der Waals surface area contributed by atoms with Gasteiger partial charge in [0, 0.05) is 47.5 Å². The lowest BCUT2D eigenvalue weighted by Crippen LogP contribution is -2.21. The lowest BCUT2D eigenvalue weighted by Gasteiger charge is -2.16. The number of aliphatic hydroxyl groups is 1. The van der Waals surface area contributed by atoms with E-state index >= 15 is 0 Å². The number of anilines is 2. The number of aryl methyl sites for hydroxylation is 2. The normalized spacial score (nSPS) is 15.7. The Bertz CT molecular complexity index is 1920. The third-order valence-corrected chi connectivity index (χ3v) is 8.87. The average Bonchev–Trinajstić information content (AvgIpc) is 3.53. The molecule has 4 heterocycles. The summed E-state index contributed by atoms with van der Waals surface area (Å²) in [6, 6.07) is 15.3. The van der Waals surface area contributed by atoms with Gasteiger partial charge in [0.15, 0.2) is 0 Å². The van der Waals surface area contributed by atoms with Crippen molar-refractivity contribution in [3.63, 3.8) is 0 Å². The lowest BCUT2D eigenvalue weighted by molar-refractivity contribution is -0.00535. The highest BCUT2D eigenvalue weighted by Gasteiger charge is 2.21. The van der Waals surface area contributed by atoms with Gasteiger partial charge in [-0.2, -0.15) is 5.10 Å². The minimum atomic E-state index is -0.251. The molecule has 1 atom stereocenters. The third kappa shape index (κ3) is 6.39. The Balaban J connectivity index is 0.000000452. The van der Waals surface area contributed by atoms with Gasteiger partial charge in [0.2, 0.25) is 5.88 Å². The fourth-order valence-electron chi connectivity index (χ4n) is 5.74. The Morgan fingerprint density at radius 2 is 1.82 bits per heavy atom. The van der Waals surface area contributed by atoms with Gasteiger partial charge in [0.1, 0.15) is 5.82 Å². The third-order valence-electron chi connectivity index (χ3n) is 8.06. The number of benzene rings is 2. The predicted octanol–water partition coefficient (Wildman–Crippen LogP) is 6.76. The number of aliphatic hydroxyl groups excluding tert-OH is 1. The molecular weight excluding hydrogens is 613 g/mol. The molecule has 3 aromatic heterocycles. The molecular formula is C34H33Cl2N5O4. The largest absolute Gasteiger partial charge is 0.481 e. The Morgan fingerprint density at radius 3 is 2.56 bits per heavy atom. The zero-order valence-corrected chi connectivity index (χ0v) is 26.5. The van der Waals surface area contributed by atoms with Gasteiger partial charge in [-0.15, -0.1) is 0 Å². The Labute approximate surface area is 270 Å². The van der Waals surface area contributed by atoms with Crippen LogP contribution in [0.4, 0.5) is 11.5 Å². The molecule has 11 heteroatoms. The number of halogens is 2. The van der Waals surface area contributed by atoms with E-state index in [0.717, 1.165) is 61.1 Å². The molecule has 1 aliphatic heterocycles. The van der Waals surface area contributed by atoms with Gasteiger partial charge in [0.25, 0.3) is 5.56 Å². The molecule has 232 valence electrons. The van der Waals surface area contributed by atoms with Crippen LogP contribution >= 0.6 is 23.2 Å². The maximum Gasteiger partial charge on any atom is 0.278 e. The Hall–Kier alpha value is -4.02. The molecule has 0 radical (unpaired) electrons. The van der Waals surface area contributed by atoms with Gasteiger partial charge < -0.3 is 19.9 Å². The summed E-state index contributed by atoms with van der Waals surface area (Å²) in [6.07, 6.45) is 8.07. The van der Waals surface area contributed by atoms with Gasteiger partial charge in [-0.05, 0) is 55.9 Å². The van der Waals surface area contributed by atoms with E-state index < -0.39 is 0 Å². The van der Waals surface area contributed by atoms with Crippen LogP contribution in [0.2, 0.25) is 10.0 Å². The second kappa shape index (κ2) is 13.5. The minimum Gasteiger partial charge on any atom is -0.481 e. The number of fused-ring (bicyclic) bond motifs is 2. The van der Waals surface area contributed by atoms with Crippen LogP contribution < -0.4 is 15.6 Å². The number of hydrogen-bond donors (Lipinski definition) is 2. The van der Waals surface area contributed by atoms with Crippen molar-refractivity contribution < 1.29 is 14.6 Å². The number of hydrogen-bond acceptors (Lipinski definition) is 8. The summed E-state index contributed by atoms with van der Waals surface area (Å²) in [5.74, 6) is 1.06. The molecule has 2 aliphatic rings. The molecule has 7 rings (SSSR count). The quantitative estimate of drug-likeness (QED) is 0.216.